The van der Waals surface area contributed by atoms with E-state index in [9.17, 15) is 14.0 Å². The standard InChI is InChI=1S/C24H18ClF2NO2/c1-2-29-23-13-17(11-18(14-28)20-5-3-4-6-22(20)27)12-21(25)24(23)30-15-16-7-9-19(26)10-8-16/h3-13H,2,15H2,1H3. The molecule has 0 bridgehead atoms. The fourth-order valence-corrected chi connectivity index (χ4v) is 3.10. The third-order valence-corrected chi connectivity index (χ3v) is 4.50. The Labute approximate surface area is 178 Å². The van der Waals surface area contributed by atoms with Crippen LogP contribution < -0.4 is 9.47 Å². The highest BCUT2D eigenvalue weighted by Gasteiger charge is 2.14. The van der Waals surface area contributed by atoms with E-state index in [1.807, 2.05) is 13.0 Å². The van der Waals surface area contributed by atoms with Crippen molar-refractivity contribution in [1.82, 2.24) is 0 Å². The number of nitrogens with zero attached hydrogens (tertiary/aromatic N) is 1. The van der Waals surface area contributed by atoms with Gasteiger partial charge in [0.15, 0.2) is 11.5 Å². The predicted octanol–water partition coefficient (Wildman–Crippen LogP) is 6.66. The van der Waals surface area contributed by atoms with Crippen LogP contribution in [0.3, 0.4) is 0 Å². The lowest BCUT2D eigenvalue weighted by Gasteiger charge is -2.15. The van der Waals surface area contributed by atoms with Crippen LogP contribution in [-0.4, -0.2) is 6.61 Å². The van der Waals surface area contributed by atoms with Gasteiger partial charge in [-0.15, -0.1) is 0 Å². The van der Waals surface area contributed by atoms with E-state index < -0.39 is 5.82 Å². The van der Waals surface area contributed by atoms with Gasteiger partial charge in [-0.05, 0) is 54.5 Å². The van der Waals surface area contributed by atoms with Crippen molar-refractivity contribution in [3.05, 3.63) is 94.0 Å². The molecule has 0 amide bonds. The van der Waals surface area contributed by atoms with Crippen LogP contribution in [0.1, 0.15) is 23.6 Å². The van der Waals surface area contributed by atoms with Crippen molar-refractivity contribution in [2.24, 2.45) is 0 Å². The summed E-state index contributed by atoms with van der Waals surface area (Å²) in [5, 5.41) is 9.77. The first-order valence-corrected chi connectivity index (χ1v) is 9.60. The van der Waals surface area contributed by atoms with E-state index in [4.69, 9.17) is 21.1 Å². The summed E-state index contributed by atoms with van der Waals surface area (Å²) in [4.78, 5) is 0. The fraction of sp³-hybridized carbons (Fsp3) is 0.125. The van der Waals surface area contributed by atoms with Crippen molar-refractivity contribution < 1.29 is 18.3 Å². The Balaban J connectivity index is 1.93. The molecule has 0 saturated heterocycles. The van der Waals surface area contributed by atoms with Crippen LogP contribution in [0.15, 0.2) is 60.7 Å². The van der Waals surface area contributed by atoms with E-state index in [1.165, 1.54) is 30.3 Å². The molecule has 0 radical (unpaired) electrons. The number of ether oxygens (including phenoxy) is 2. The third-order valence-electron chi connectivity index (χ3n) is 4.22. The van der Waals surface area contributed by atoms with Gasteiger partial charge in [0.05, 0.1) is 23.3 Å². The number of hydrogen-bond acceptors (Lipinski definition) is 3. The molecule has 0 atom stereocenters. The van der Waals surface area contributed by atoms with E-state index in [-0.39, 0.29) is 28.6 Å². The van der Waals surface area contributed by atoms with E-state index in [1.54, 1.807) is 36.4 Å². The Morgan fingerprint density at radius 1 is 1.07 bits per heavy atom. The topological polar surface area (TPSA) is 42.2 Å². The highest BCUT2D eigenvalue weighted by Crippen LogP contribution is 2.38. The Hall–Kier alpha value is -3.36. The van der Waals surface area contributed by atoms with Gasteiger partial charge in [0.1, 0.15) is 18.2 Å². The molecule has 0 saturated carbocycles. The third kappa shape index (κ3) is 5.16. The lowest BCUT2D eigenvalue weighted by atomic mass is 10.0. The van der Waals surface area contributed by atoms with Crippen molar-refractivity contribution in [2.45, 2.75) is 13.5 Å². The number of allylic oxidation sites excluding steroid dienone is 1. The van der Waals surface area contributed by atoms with Crippen LogP contribution in [-0.2, 0) is 6.61 Å². The lowest BCUT2D eigenvalue weighted by molar-refractivity contribution is 0.269. The minimum atomic E-state index is -0.485. The van der Waals surface area contributed by atoms with Crippen LogP contribution in [0, 0.1) is 23.0 Å². The van der Waals surface area contributed by atoms with Gasteiger partial charge in [0.25, 0.3) is 0 Å². The number of rotatable bonds is 7. The molecule has 0 aliphatic carbocycles. The quantitative estimate of drug-likeness (QED) is 0.314. The molecule has 0 N–H and O–H groups in total. The zero-order valence-corrected chi connectivity index (χ0v) is 16.9. The van der Waals surface area contributed by atoms with Crippen LogP contribution in [0.2, 0.25) is 5.02 Å². The summed E-state index contributed by atoms with van der Waals surface area (Å²) < 4.78 is 38.6. The van der Waals surface area contributed by atoms with Crippen molar-refractivity contribution in [2.75, 3.05) is 6.61 Å². The first kappa shape index (κ1) is 21.4. The van der Waals surface area contributed by atoms with E-state index in [0.29, 0.717) is 23.7 Å². The summed E-state index contributed by atoms with van der Waals surface area (Å²) in [6, 6.07) is 17.3. The van der Waals surface area contributed by atoms with Crippen LogP contribution in [0.25, 0.3) is 11.6 Å². The summed E-state index contributed by atoms with van der Waals surface area (Å²) >= 11 is 6.41. The second-order valence-corrected chi connectivity index (χ2v) is 6.74. The fourth-order valence-electron chi connectivity index (χ4n) is 2.83. The van der Waals surface area contributed by atoms with E-state index in [2.05, 4.69) is 0 Å². The van der Waals surface area contributed by atoms with Crippen LogP contribution >= 0.6 is 11.6 Å². The zero-order valence-electron chi connectivity index (χ0n) is 16.2. The monoisotopic (exact) mass is 425 g/mol. The summed E-state index contributed by atoms with van der Waals surface area (Å²) in [6.45, 7) is 2.36. The van der Waals surface area contributed by atoms with Gasteiger partial charge in [0.2, 0.25) is 0 Å². The molecule has 6 heteroatoms. The number of nitriles is 1. The van der Waals surface area contributed by atoms with E-state index in [0.717, 1.165) is 5.56 Å². The number of halogens is 3. The second kappa shape index (κ2) is 9.91. The molecule has 3 aromatic rings. The summed E-state index contributed by atoms with van der Waals surface area (Å²) in [5.41, 5.74) is 1.69. The average Bonchev–Trinajstić information content (AvgIpc) is 2.73. The summed E-state index contributed by atoms with van der Waals surface area (Å²) in [7, 11) is 0. The number of hydrogen-bond donors (Lipinski definition) is 0. The van der Waals surface area contributed by atoms with Crippen molar-refractivity contribution >= 4 is 23.3 Å². The van der Waals surface area contributed by atoms with Gasteiger partial charge >= 0.3 is 0 Å². The highest BCUT2D eigenvalue weighted by molar-refractivity contribution is 6.32. The van der Waals surface area contributed by atoms with Gasteiger partial charge in [-0.25, -0.2) is 8.78 Å². The van der Waals surface area contributed by atoms with Crippen LogP contribution in [0.5, 0.6) is 11.5 Å². The molecule has 3 aromatic carbocycles. The Bertz CT molecular complexity index is 1110. The van der Waals surface area contributed by atoms with Gasteiger partial charge in [-0.3, -0.25) is 0 Å². The molecule has 0 aliphatic rings. The largest absolute Gasteiger partial charge is 0.490 e. The average molecular weight is 426 g/mol. The van der Waals surface area contributed by atoms with Gasteiger partial charge in [0, 0.05) is 5.56 Å². The van der Waals surface area contributed by atoms with Gasteiger partial charge in [-0.1, -0.05) is 41.9 Å². The van der Waals surface area contributed by atoms with E-state index >= 15 is 0 Å². The summed E-state index contributed by atoms with van der Waals surface area (Å²) in [6.07, 6.45) is 1.54. The SMILES string of the molecule is CCOc1cc(C=C(C#N)c2ccccc2F)cc(Cl)c1OCc1ccc(F)cc1. The number of benzene rings is 3. The molecule has 3 rings (SSSR count). The highest BCUT2D eigenvalue weighted by atomic mass is 35.5. The molecule has 0 aromatic heterocycles. The Kier molecular flexibility index (Phi) is 7.05. The smallest absolute Gasteiger partial charge is 0.180 e. The maximum Gasteiger partial charge on any atom is 0.180 e. The first-order valence-electron chi connectivity index (χ1n) is 9.22. The minimum absolute atomic E-state index is 0.159. The molecule has 0 fully saturated rings. The molecule has 0 unspecified atom stereocenters. The normalized spacial score (nSPS) is 11.1. The molecular formula is C24H18ClF2NO2. The lowest BCUT2D eigenvalue weighted by Crippen LogP contribution is -2.01. The van der Waals surface area contributed by atoms with Crippen molar-refractivity contribution in [3.63, 3.8) is 0 Å². The molecule has 3 nitrogen and oxygen atoms in total. The van der Waals surface area contributed by atoms with Gasteiger partial charge < -0.3 is 9.47 Å². The second-order valence-electron chi connectivity index (χ2n) is 6.33. The molecule has 30 heavy (non-hydrogen) atoms. The zero-order chi connectivity index (χ0) is 21.5. The molecule has 152 valence electrons. The summed E-state index contributed by atoms with van der Waals surface area (Å²) in [5.74, 6) is -0.0830. The maximum atomic E-state index is 14.1. The molecule has 0 heterocycles. The van der Waals surface area contributed by atoms with Crippen molar-refractivity contribution in [3.8, 4) is 17.6 Å². The maximum absolute atomic E-state index is 14.1. The Morgan fingerprint density at radius 3 is 2.47 bits per heavy atom. The first-order chi connectivity index (χ1) is 14.5. The minimum Gasteiger partial charge on any atom is -0.490 e. The molecule has 0 aliphatic heterocycles. The van der Waals surface area contributed by atoms with Crippen molar-refractivity contribution in [1.29, 1.82) is 5.26 Å². The Morgan fingerprint density at radius 2 is 1.80 bits per heavy atom. The predicted molar refractivity (Wildman–Crippen MR) is 113 cm³/mol. The van der Waals surface area contributed by atoms with Crippen LogP contribution in [0.4, 0.5) is 8.78 Å². The molecule has 0 spiro atoms. The molecular weight excluding hydrogens is 408 g/mol. The van der Waals surface area contributed by atoms with Gasteiger partial charge in [-0.2, -0.15) is 5.26 Å².